The largest absolute Gasteiger partial charge is 0.309 e. The fourth-order valence-electron chi connectivity index (χ4n) is 4.54. The molecule has 1 heterocycles. The summed E-state index contributed by atoms with van der Waals surface area (Å²) in [6.07, 6.45) is 8.22. The molecule has 1 aliphatic rings. The predicted molar refractivity (Wildman–Crippen MR) is 123 cm³/mol. The van der Waals surface area contributed by atoms with E-state index in [4.69, 9.17) is 11.6 Å². The molecule has 0 aliphatic heterocycles. The number of carbonyl (C=O) groups is 1. The Labute approximate surface area is 180 Å². The van der Waals surface area contributed by atoms with Crippen molar-refractivity contribution in [2.24, 2.45) is 5.92 Å². The second-order valence-electron chi connectivity index (χ2n) is 8.20. The van der Waals surface area contributed by atoms with Crippen molar-refractivity contribution >= 4 is 34.1 Å². The van der Waals surface area contributed by atoms with Crippen LogP contribution in [0.3, 0.4) is 0 Å². The highest BCUT2D eigenvalue weighted by molar-refractivity contribution is 6.31. The van der Waals surface area contributed by atoms with Crippen molar-refractivity contribution in [3.8, 4) is 0 Å². The lowest BCUT2D eigenvalue weighted by atomic mass is 10.0. The Morgan fingerprint density at radius 1 is 1.21 bits per heavy atom. The van der Waals surface area contributed by atoms with Crippen molar-refractivity contribution in [2.45, 2.75) is 65.3 Å². The molecule has 0 N–H and O–H groups in total. The summed E-state index contributed by atoms with van der Waals surface area (Å²) in [6.45, 7) is 9.83. The summed E-state index contributed by atoms with van der Waals surface area (Å²) in [5.74, 6) is 0.427. The zero-order valence-electron chi connectivity index (χ0n) is 18.0. The number of hydrogen-bond acceptors (Lipinski definition) is 3. The summed E-state index contributed by atoms with van der Waals surface area (Å²) in [4.78, 5) is 22.6. The molecule has 29 heavy (non-hydrogen) atoms. The number of anilines is 1. The van der Waals surface area contributed by atoms with E-state index in [1.165, 1.54) is 0 Å². The highest BCUT2D eigenvalue weighted by Crippen LogP contribution is 2.34. The fraction of sp³-hybridized carbons (Fsp3) is 0.583. The summed E-state index contributed by atoms with van der Waals surface area (Å²) >= 11 is 6.18. The highest BCUT2D eigenvalue weighted by atomic mass is 35.5. The smallest absolute Gasteiger partial charge is 0.230 e. The van der Waals surface area contributed by atoms with Gasteiger partial charge < -0.3 is 9.80 Å². The van der Waals surface area contributed by atoms with Crippen LogP contribution in [0.5, 0.6) is 0 Å². The summed E-state index contributed by atoms with van der Waals surface area (Å²) in [6, 6.07) is 7.91. The fourth-order valence-corrected chi connectivity index (χ4v) is 4.70. The van der Waals surface area contributed by atoms with Crippen LogP contribution in [-0.2, 0) is 4.79 Å². The van der Waals surface area contributed by atoms with Gasteiger partial charge in [-0.1, -0.05) is 38.3 Å². The molecule has 1 aromatic heterocycles. The maximum Gasteiger partial charge on any atom is 0.230 e. The number of pyridine rings is 1. The van der Waals surface area contributed by atoms with Crippen LogP contribution in [0.15, 0.2) is 30.5 Å². The molecule has 4 nitrogen and oxygen atoms in total. The van der Waals surface area contributed by atoms with Gasteiger partial charge in [-0.05, 0) is 76.5 Å². The second-order valence-corrected chi connectivity index (χ2v) is 8.64. The lowest BCUT2D eigenvalue weighted by molar-refractivity contribution is -0.122. The average Bonchev–Trinajstić information content (AvgIpc) is 3.26. The van der Waals surface area contributed by atoms with Gasteiger partial charge in [0.2, 0.25) is 5.91 Å². The predicted octanol–water partition coefficient (Wildman–Crippen LogP) is 5.92. The molecule has 1 amide bonds. The Kier molecular flexibility index (Phi) is 7.91. The molecule has 1 saturated carbocycles. The topological polar surface area (TPSA) is 36.4 Å². The van der Waals surface area contributed by atoms with Gasteiger partial charge in [0.15, 0.2) is 0 Å². The van der Waals surface area contributed by atoms with Crippen LogP contribution in [-0.4, -0.2) is 41.5 Å². The minimum Gasteiger partial charge on any atom is -0.309 e. The van der Waals surface area contributed by atoms with Crippen molar-refractivity contribution in [2.75, 3.05) is 24.5 Å². The van der Waals surface area contributed by atoms with E-state index in [0.717, 1.165) is 74.7 Å². The number of fused-ring (bicyclic) bond motifs is 1. The average molecular weight is 416 g/mol. The molecule has 1 fully saturated rings. The van der Waals surface area contributed by atoms with Crippen molar-refractivity contribution in [3.05, 3.63) is 35.5 Å². The van der Waals surface area contributed by atoms with E-state index in [2.05, 4.69) is 35.6 Å². The lowest BCUT2D eigenvalue weighted by Gasteiger charge is -2.33. The Hall–Kier alpha value is -1.65. The van der Waals surface area contributed by atoms with Gasteiger partial charge in [0.1, 0.15) is 0 Å². The minimum atomic E-state index is 0.149. The summed E-state index contributed by atoms with van der Waals surface area (Å²) in [7, 11) is 0. The van der Waals surface area contributed by atoms with Crippen LogP contribution in [0.4, 0.5) is 5.69 Å². The molecule has 0 bridgehead atoms. The molecule has 5 heteroatoms. The molecule has 1 aliphatic carbocycles. The third-order valence-electron chi connectivity index (χ3n) is 6.31. The van der Waals surface area contributed by atoms with E-state index < -0.39 is 0 Å². The SMILES string of the molecule is CCN(CC)CCCC(C)N(C(=O)C1CCCC1)c1ccnc2cc(Cl)ccc12. The summed E-state index contributed by atoms with van der Waals surface area (Å²) in [5.41, 5.74) is 1.81. The van der Waals surface area contributed by atoms with Gasteiger partial charge in [-0.2, -0.15) is 0 Å². The van der Waals surface area contributed by atoms with Gasteiger partial charge in [0, 0.05) is 28.6 Å². The monoisotopic (exact) mass is 415 g/mol. The Balaban J connectivity index is 1.88. The zero-order valence-corrected chi connectivity index (χ0v) is 18.8. The molecule has 2 aromatic rings. The highest BCUT2D eigenvalue weighted by Gasteiger charge is 2.31. The Morgan fingerprint density at radius 3 is 2.62 bits per heavy atom. The normalized spacial score (nSPS) is 15.9. The van der Waals surface area contributed by atoms with Gasteiger partial charge in [0.25, 0.3) is 0 Å². The van der Waals surface area contributed by atoms with Crippen molar-refractivity contribution in [1.29, 1.82) is 0 Å². The quantitative estimate of drug-likeness (QED) is 0.509. The van der Waals surface area contributed by atoms with E-state index in [0.29, 0.717) is 5.02 Å². The van der Waals surface area contributed by atoms with Gasteiger partial charge in [-0.15, -0.1) is 0 Å². The second kappa shape index (κ2) is 10.4. The van der Waals surface area contributed by atoms with Crippen LogP contribution >= 0.6 is 11.6 Å². The minimum absolute atomic E-state index is 0.149. The van der Waals surface area contributed by atoms with Gasteiger partial charge in [-0.3, -0.25) is 9.78 Å². The van der Waals surface area contributed by atoms with E-state index in [1.807, 2.05) is 24.3 Å². The van der Waals surface area contributed by atoms with E-state index in [1.54, 1.807) is 6.20 Å². The molecular weight excluding hydrogens is 382 g/mol. The third kappa shape index (κ3) is 5.29. The van der Waals surface area contributed by atoms with Crippen LogP contribution < -0.4 is 4.90 Å². The molecule has 0 radical (unpaired) electrons. The maximum absolute atomic E-state index is 13.6. The molecule has 3 rings (SSSR count). The van der Waals surface area contributed by atoms with Gasteiger partial charge >= 0.3 is 0 Å². The molecule has 1 aromatic carbocycles. The van der Waals surface area contributed by atoms with Crippen molar-refractivity contribution in [1.82, 2.24) is 9.88 Å². The number of hydrogen-bond donors (Lipinski definition) is 0. The molecule has 1 atom stereocenters. The lowest BCUT2D eigenvalue weighted by Crippen LogP contribution is -2.42. The number of nitrogens with zero attached hydrogens (tertiary/aromatic N) is 3. The molecule has 1 unspecified atom stereocenters. The maximum atomic E-state index is 13.6. The Morgan fingerprint density at radius 2 is 1.93 bits per heavy atom. The standard InChI is InChI=1S/C24H34ClN3O/c1-4-27(5-2)16-8-9-18(3)28(24(29)19-10-6-7-11-19)23-14-15-26-22-17-20(25)12-13-21(22)23/h12-15,17-19H,4-11,16H2,1-3H3. The molecule has 0 saturated heterocycles. The summed E-state index contributed by atoms with van der Waals surface area (Å²) < 4.78 is 0. The number of aromatic nitrogens is 1. The van der Waals surface area contributed by atoms with Crippen molar-refractivity contribution in [3.63, 3.8) is 0 Å². The number of halogens is 1. The number of amides is 1. The molecular formula is C24H34ClN3O. The van der Waals surface area contributed by atoms with Crippen LogP contribution in [0, 0.1) is 5.92 Å². The first-order valence-electron chi connectivity index (χ1n) is 11.1. The van der Waals surface area contributed by atoms with E-state index in [-0.39, 0.29) is 17.9 Å². The number of rotatable bonds is 9. The summed E-state index contributed by atoms with van der Waals surface area (Å²) in [5, 5.41) is 1.67. The van der Waals surface area contributed by atoms with Crippen LogP contribution in [0.2, 0.25) is 5.02 Å². The third-order valence-corrected chi connectivity index (χ3v) is 6.55. The first-order valence-corrected chi connectivity index (χ1v) is 11.5. The molecule has 158 valence electrons. The van der Waals surface area contributed by atoms with Gasteiger partial charge in [-0.25, -0.2) is 0 Å². The van der Waals surface area contributed by atoms with E-state index in [9.17, 15) is 4.79 Å². The molecule has 0 spiro atoms. The number of benzene rings is 1. The Bertz CT molecular complexity index is 815. The first kappa shape index (κ1) is 22.0. The van der Waals surface area contributed by atoms with Crippen LogP contribution in [0.1, 0.15) is 59.3 Å². The first-order chi connectivity index (χ1) is 14.0. The van der Waals surface area contributed by atoms with Crippen molar-refractivity contribution < 1.29 is 4.79 Å². The zero-order chi connectivity index (χ0) is 20.8. The van der Waals surface area contributed by atoms with E-state index >= 15 is 0 Å². The van der Waals surface area contributed by atoms with Crippen LogP contribution in [0.25, 0.3) is 10.9 Å². The number of carbonyl (C=O) groups excluding carboxylic acids is 1. The van der Waals surface area contributed by atoms with Gasteiger partial charge in [0.05, 0.1) is 11.2 Å².